The van der Waals surface area contributed by atoms with Crippen LogP contribution in [0.2, 0.25) is 0 Å². The molecule has 0 radical (unpaired) electrons. The molecule has 142 valence electrons. The lowest BCUT2D eigenvalue weighted by Crippen LogP contribution is -2.37. The van der Waals surface area contributed by atoms with Crippen LogP contribution in [0.15, 0.2) is 48.5 Å². The molecule has 1 fully saturated rings. The highest BCUT2D eigenvalue weighted by Crippen LogP contribution is 2.49. The van der Waals surface area contributed by atoms with Crippen molar-refractivity contribution in [2.75, 3.05) is 18.4 Å². The summed E-state index contributed by atoms with van der Waals surface area (Å²) < 4.78 is 5.61. The first-order valence-corrected chi connectivity index (χ1v) is 10.1. The van der Waals surface area contributed by atoms with Crippen LogP contribution in [0.4, 0.5) is 10.5 Å². The molecule has 1 heterocycles. The van der Waals surface area contributed by atoms with Crippen molar-refractivity contribution in [3.8, 4) is 0 Å². The number of hydrogen-bond acceptors (Lipinski definition) is 3. The Morgan fingerprint density at radius 1 is 1.19 bits per heavy atom. The predicted octanol–water partition coefficient (Wildman–Crippen LogP) is 5.47. The van der Waals surface area contributed by atoms with Gasteiger partial charge in [-0.2, -0.15) is 0 Å². The smallest absolute Gasteiger partial charge is 0.410 e. The Bertz CT molecular complexity index is 790. The largest absolute Gasteiger partial charge is 0.445 e. The third kappa shape index (κ3) is 3.80. The molecule has 1 aliphatic heterocycles. The third-order valence-electron chi connectivity index (χ3n) is 5.79. The van der Waals surface area contributed by atoms with Gasteiger partial charge in [0.2, 0.25) is 0 Å². The van der Waals surface area contributed by atoms with Gasteiger partial charge in [-0.3, -0.25) is 0 Å². The van der Waals surface area contributed by atoms with Gasteiger partial charge in [-0.25, -0.2) is 4.79 Å². The second kappa shape index (κ2) is 8.03. The van der Waals surface area contributed by atoms with E-state index in [4.69, 9.17) is 4.74 Å². The van der Waals surface area contributed by atoms with E-state index < -0.39 is 0 Å². The van der Waals surface area contributed by atoms with Crippen LogP contribution in [-0.2, 0) is 11.3 Å². The molecule has 0 unspecified atom stereocenters. The summed E-state index contributed by atoms with van der Waals surface area (Å²) in [6.45, 7) is 4.30. The first kappa shape index (κ1) is 17.9. The number of ether oxygens (including phenoxy) is 1. The van der Waals surface area contributed by atoms with Gasteiger partial charge in [0.25, 0.3) is 0 Å². The first-order valence-electron chi connectivity index (χ1n) is 10.1. The summed E-state index contributed by atoms with van der Waals surface area (Å²) in [5.74, 6) is 0.577. The molecule has 1 amide bonds. The van der Waals surface area contributed by atoms with E-state index in [1.54, 1.807) is 0 Å². The maximum Gasteiger partial charge on any atom is 0.410 e. The SMILES string of the molecule is CCCCNc1ccc2c(c1)[C@@H]1C[C@H]2CCN1C(=O)OCc1ccccc1. The van der Waals surface area contributed by atoms with Crippen molar-refractivity contribution in [3.05, 3.63) is 65.2 Å². The molecule has 4 rings (SSSR count). The number of benzene rings is 2. The summed E-state index contributed by atoms with van der Waals surface area (Å²) in [6.07, 6.45) is 4.20. The molecule has 2 aliphatic rings. The Balaban J connectivity index is 1.46. The van der Waals surface area contributed by atoms with Crippen molar-refractivity contribution < 1.29 is 9.53 Å². The van der Waals surface area contributed by atoms with E-state index in [2.05, 4.69) is 30.4 Å². The number of fused-ring (bicyclic) bond motifs is 5. The van der Waals surface area contributed by atoms with Crippen molar-refractivity contribution in [2.24, 2.45) is 0 Å². The molecule has 2 aromatic rings. The minimum absolute atomic E-state index is 0.148. The summed E-state index contributed by atoms with van der Waals surface area (Å²) in [4.78, 5) is 14.7. The Kier molecular flexibility index (Phi) is 5.33. The van der Waals surface area contributed by atoms with Gasteiger partial charge < -0.3 is 15.0 Å². The molecule has 0 saturated carbocycles. The summed E-state index contributed by atoms with van der Waals surface area (Å²) in [6, 6.07) is 16.7. The molecule has 2 bridgehead atoms. The molecule has 27 heavy (non-hydrogen) atoms. The number of nitrogens with zero attached hydrogens (tertiary/aromatic N) is 1. The lowest BCUT2D eigenvalue weighted by Gasteiger charge is -2.33. The van der Waals surface area contributed by atoms with E-state index in [-0.39, 0.29) is 12.1 Å². The number of unbranched alkanes of at least 4 members (excludes halogenated alkanes) is 1. The van der Waals surface area contributed by atoms with Crippen LogP contribution in [-0.4, -0.2) is 24.1 Å². The van der Waals surface area contributed by atoms with Crippen molar-refractivity contribution in [1.82, 2.24) is 4.90 Å². The Morgan fingerprint density at radius 2 is 2.04 bits per heavy atom. The number of anilines is 1. The number of likely N-dealkylation sites (tertiary alicyclic amines) is 1. The summed E-state index contributed by atoms with van der Waals surface area (Å²) in [7, 11) is 0. The van der Waals surface area contributed by atoms with E-state index in [1.807, 2.05) is 35.2 Å². The molecule has 2 atom stereocenters. The topological polar surface area (TPSA) is 41.6 Å². The zero-order chi connectivity index (χ0) is 18.6. The van der Waals surface area contributed by atoms with Crippen molar-refractivity contribution in [2.45, 2.75) is 51.2 Å². The molecule has 1 saturated heterocycles. The molecule has 4 heteroatoms. The number of carbonyl (C=O) groups excluding carboxylic acids is 1. The van der Waals surface area contributed by atoms with E-state index in [1.165, 1.54) is 24.0 Å². The van der Waals surface area contributed by atoms with Crippen LogP contribution >= 0.6 is 0 Å². The van der Waals surface area contributed by atoms with Crippen LogP contribution in [0.25, 0.3) is 0 Å². The van der Waals surface area contributed by atoms with Gasteiger partial charge in [-0.05, 0) is 54.0 Å². The van der Waals surface area contributed by atoms with Crippen LogP contribution in [0.1, 0.15) is 61.3 Å². The number of rotatable bonds is 6. The zero-order valence-electron chi connectivity index (χ0n) is 16.0. The second-order valence-electron chi connectivity index (χ2n) is 7.59. The lowest BCUT2D eigenvalue weighted by atomic mass is 9.96. The molecular formula is C23H28N2O2. The summed E-state index contributed by atoms with van der Waals surface area (Å²) >= 11 is 0. The molecular weight excluding hydrogens is 336 g/mol. The Hall–Kier alpha value is -2.49. The van der Waals surface area contributed by atoms with Crippen molar-refractivity contribution >= 4 is 11.8 Å². The maximum absolute atomic E-state index is 12.8. The van der Waals surface area contributed by atoms with Gasteiger partial charge in [0.15, 0.2) is 0 Å². The fourth-order valence-electron chi connectivity index (χ4n) is 4.32. The van der Waals surface area contributed by atoms with Gasteiger partial charge in [-0.15, -0.1) is 0 Å². The average Bonchev–Trinajstić information content (AvgIpc) is 2.99. The van der Waals surface area contributed by atoms with Crippen LogP contribution in [0, 0.1) is 0 Å². The van der Waals surface area contributed by atoms with E-state index in [0.29, 0.717) is 12.5 Å². The van der Waals surface area contributed by atoms with Crippen LogP contribution in [0.5, 0.6) is 0 Å². The number of nitrogens with one attached hydrogen (secondary N) is 1. The first-order chi connectivity index (χ1) is 13.3. The second-order valence-corrected chi connectivity index (χ2v) is 7.59. The predicted molar refractivity (Wildman–Crippen MR) is 108 cm³/mol. The van der Waals surface area contributed by atoms with E-state index in [9.17, 15) is 4.79 Å². The number of carbonyl (C=O) groups is 1. The van der Waals surface area contributed by atoms with E-state index >= 15 is 0 Å². The minimum atomic E-state index is -0.195. The fraction of sp³-hybridized carbons (Fsp3) is 0.435. The Labute approximate surface area is 161 Å². The highest BCUT2D eigenvalue weighted by molar-refractivity contribution is 5.70. The van der Waals surface area contributed by atoms with Gasteiger partial charge in [0.1, 0.15) is 6.61 Å². The van der Waals surface area contributed by atoms with Gasteiger partial charge in [0, 0.05) is 18.8 Å². The number of piperidine rings is 1. The molecule has 0 aromatic heterocycles. The minimum Gasteiger partial charge on any atom is -0.445 e. The van der Waals surface area contributed by atoms with Crippen molar-refractivity contribution in [3.63, 3.8) is 0 Å². The summed E-state index contributed by atoms with van der Waals surface area (Å²) in [5.41, 5.74) is 4.90. The zero-order valence-corrected chi connectivity index (χ0v) is 16.0. The van der Waals surface area contributed by atoms with Crippen LogP contribution in [0.3, 0.4) is 0 Å². The highest BCUT2D eigenvalue weighted by Gasteiger charge is 2.41. The van der Waals surface area contributed by atoms with Crippen molar-refractivity contribution in [1.29, 1.82) is 0 Å². The van der Waals surface area contributed by atoms with Gasteiger partial charge in [-0.1, -0.05) is 49.7 Å². The monoisotopic (exact) mass is 364 g/mol. The molecule has 2 aromatic carbocycles. The molecule has 4 nitrogen and oxygen atoms in total. The lowest BCUT2D eigenvalue weighted by molar-refractivity contribution is 0.0694. The quantitative estimate of drug-likeness (QED) is 0.691. The van der Waals surface area contributed by atoms with Crippen LogP contribution < -0.4 is 5.32 Å². The summed E-state index contributed by atoms with van der Waals surface area (Å²) in [5, 5.41) is 3.51. The average molecular weight is 364 g/mol. The normalized spacial score (nSPS) is 20.3. The van der Waals surface area contributed by atoms with Gasteiger partial charge >= 0.3 is 6.09 Å². The molecule has 0 spiro atoms. The fourth-order valence-corrected chi connectivity index (χ4v) is 4.32. The maximum atomic E-state index is 12.8. The molecule has 1 aliphatic carbocycles. The number of amides is 1. The Morgan fingerprint density at radius 3 is 2.85 bits per heavy atom. The third-order valence-corrected chi connectivity index (χ3v) is 5.79. The standard InChI is InChI=1S/C23H28N2O2/c1-2-3-12-24-19-9-10-20-18-11-13-25(22(14-18)21(20)15-19)23(26)27-16-17-7-5-4-6-8-17/h4-10,15,18,22,24H,2-3,11-14,16H2,1H3/t18-,22+/m1/s1. The number of hydrogen-bond donors (Lipinski definition) is 1. The molecule has 1 N–H and O–H groups in total. The highest BCUT2D eigenvalue weighted by atomic mass is 16.6. The van der Waals surface area contributed by atoms with Gasteiger partial charge in [0.05, 0.1) is 6.04 Å². The van der Waals surface area contributed by atoms with E-state index in [0.717, 1.165) is 37.2 Å².